The molecule has 3 rings (SSSR count). The molecule has 1 aromatic carbocycles. The summed E-state index contributed by atoms with van der Waals surface area (Å²) in [6.07, 6.45) is 2.41. The minimum absolute atomic E-state index is 0.587. The predicted molar refractivity (Wildman–Crippen MR) is 75.0 cm³/mol. The van der Waals surface area contributed by atoms with Gasteiger partial charge in [-0.15, -0.1) is 0 Å². The Labute approximate surface area is 108 Å². The molecule has 1 aliphatic heterocycles. The monoisotopic (exact) mass is 243 g/mol. The number of piperidine rings is 1. The van der Waals surface area contributed by atoms with E-state index in [9.17, 15) is 0 Å². The van der Waals surface area contributed by atoms with Crippen molar-refractivity contribution < 1.29 is 4.42 Å². The molecular weight excluding hydrogens is 222 g/mol. The summed E-state index contributed by atoms with van der Waals surface area (Å²) in [5.41, 5.74) is 2.33. The highest BCUT2D eigenvalue weighted by Crippen LogP contribution is 2.35. The molecule has 0 radical (unpaired) electrons. The Morgan fingerprint density at radius 1 is 1.33 bits per heavy atom. The van der Waals surface area contributed by atoms with Gasteiger partial charge in [0.2, 0.25) is 0 Å². The lowest BCUT2D eigenvalue weighted by Crippen LogP contribution is -2.34. The van der Waals surface area contributed by atoms with Crippen molar-refractivity contribution in [3.63, 3.8) is 0 Å². The second kappa shape index (κ2) is 4.77. The van der Waals surface area contributed by atoms with Gasteiger partial charge in [0.25, 0.3) is 0 Å². The van der Waals surface area contributed by atoms with Gasteiger partial charge in [-0.1, -0.05) is 25.0 Å². The Balaban J connectivity index is 1.97. The lowest BCUT2D eigenvalue weighted by molar-refractivity contribution is 0.286. The number of aryl methyl sites for hydroxylation is 1. The molecule has 2 atom stereocenters. The number of fused-ring (bicyclic) bond motifs is 1. The fourth-order valence-corrected chi connectivity index (χ4v) is 3.09. The Bertz CT molecular complexity index is 543. The van der Waals surface area contributed by atoms with E-state index in [1.165, 1.54) is 29.6 Å². The van der Waals surface area contributed by atoms with Gasteiger partial charge in [0.15, 0.2) is 0 Å². The van der Waals surface area contributed by atoms with Gasteiger partial charge in [-0.05, 0) is 50.6 Å². The van der Waals surface area contributed by atoms with Crippen LogP contribution >= 0.6 is 0 Å². The van der Waals surface area contributed by atoms with Crippen LogP contribution in [-0.4, -0.2) is 13.1 Å². The molecule has 0 spiro atoms. The molecule has 2 nitrogen and oxygen atoms in total. The molecular formula is C16H21NO. The van der Waals surface area contributed by atoms with E-state index in [-0.39, 0.29) is 0 Å². The number of nitrogens with one attached hydrogen (secondary N) is 1. The topological polar surface area (TPSA) is 25.2 Å². The van der Waals surface area contributed by atoms with Crippen LogP contribution < -0.4 is 5.32 Å². The summed E-state index contributed by atoms with van der Waals surface area (Å²) in [5.74, 6) is 2.48. The number of hydrogen-bond donors (Lipinski definition) is 1. The van der Waals surface area contributed by atoms with E-state index >= 15 is 0 Å². The van der Waals surface area contributed by atoms with Gasteiger partial charge in [0, 0.05) is 11.3 Å². The molecule has 0 saturated carbocycles. The van der Waals surface area contributed by atoms with Gasteiger partial charge < -0.3 is 9.73 Å². The number of benzene rings is 1. The van der Waals surface area contributed by atoms with E-state index in [2.05, 4.69) is 43.4 Å². The molecule has 2 unspecified atom stereocenters. The van der Waals surface area contributed by atoms with Crippen LogP contribution in [-0.2, 0) is 0 Å². The number of hydrogen-bond acceptors (Lipinski definition) is 2. The lowest BCUT2D eigenvalue weighted by atomic mass is 9.83. The summed E-state index contributed by atoms with van der Waals surface area (Å²) in [4.78, 5) is 0. The molecule has 96 valence electrons. The zero-order chi connectivity index (χ0) is 12.5. The SMILES string of the molecule is CCC1CNCCC1c1cc2cc(C)ccc2o1. The van der Waals surface area contributed by atoms with E-state index in [1.807, 2.05) is 0 Å². The van der Waals surface area contributed by atoms with Gasteiger partial charge in [-0.3, -0.25) is 0 Å². The molecule has 18 heavy (non-hydrogen) atoms. The summed E-state index contributed by atoms with van der Waals surface area (Å²) >= 11 is 0. The maximum atomic E-state index is 6.07. The largest absolute Gasteiger partial charge is 0.461 e. The zero-order valence-electron chi connectivity index (χ0n) is 11.2. The van der Waals surface area contributed by atoms with Crippen LogP contribution in [0.25, 0.3) is 11.0 Å². The number of rotatable bonds is 2. The van der Waals surface area contributed by atoms with Gasteiger partial charge in [-0.2, -0.15) is 0 Å². The molecule has 2 heteroatoms. The average Bonchev–Trinajstić information content (AvgIpc) is 2.81. The first-order valence-electron chi connectivity index (χ1n) is 6.98. The maximum Gasteiger partial charge on any atom is 0.134 e. The first kappa shape index (κ1) is 11.8. The van der Waals surface area contributed by atoms with E-state index < -0.39 is 0 Å². The molecule has 0 amide bonds. The van der Waals surface area contributed by atoms with E-state index in [1.54, 1.807) is 0 Å². The van der Waals surface area contributed by atoms with Crippen LogP contribution in [0.3, 0.4) is 0 Å². The summed E-state index contributed by atoms with van der Waals surface area (Å²) in [6.45, 7) is 6.64. The molecule has 1 fully saturated rings. The third kappa shape index (κ3) is 2.05. The Kier molecular flexibility index (Phi) is 3.13. The lowest BCUT2D eigenvalue weighted by Gasteiger charge is -2.29. The Morgan fingerprint density at radius 2 is 2.22 bits per heavy atom. The third-order valence-corrected chi connectivity index (χ3v) is 4.19. The van der Waals surface area contributed by atoms with Crippen molar-refractivity contribution >= 4 is 11.0 Å². The first-order chi connectivity index (χ1) is 8.78. The van der Waals surface area contributed by atoms with Crippen molar-refractivity contribution in [2.75, 3.05) is 13.1 Å². The summed E-state index contributed by atoms with van der Waals surface area (Å²) in [6, 6.07) is 8.68. The fraction of sp³-hybridized carbons (Fsp3) is 0.500. The Morgan fingerprint density at radius 3 is 3.06 bits per heavy atom. The molecule has 2 aromatic rings. The van der Waals surface area contributed by atoms with Crippen LogP contribution in [0.15, 0.2) is 28.7 Å². The normalized spacial score (nSPS) is 24.6. The molecule has 1 aromatic heterocycles. The first-order valence-corrected chi connectivity index (χ1v) is 6.98. The summed E-state index contributed by atoms with van der Waals surface area (Å²) < 4.78 is 6.07. The number of furan rings is 1. The van der Waals surface area contributed by atoms with Crippen LogP contribution in [0.4, 0.5) is 0 Å². The zero-order valence-corrected chi connectivity index (χ0v) is 11.2. The highest BCUT2D eigenvalue weighted by Gasteiger charge is 2.27. The Hall–Kier alpha value is -1.28. The van der Waals surface area contributed by atoms with Gasteiger partial charge in [0.1, 0.15) is 11.3 Å². The van der Waals surface area contributed by atoms with Crippen LogP contribution in [0, 0.1) is 12.8 Å². The molecule has 1 N–H and O–H groups in total. The highest BCUT2D eigenvalue weighted by atomic mass is 16.3. The van der Waals surface area contributed by atoms with E-state index in [4.69, 9.17) is 4.42 Å². The summed E-state index contributed by atoms with van der Waals surface area (Å²) in [5, 5.41) is 4.74. The fourth-order valence-electron chi connectivity index (χ4n) is 3.09. The average molecular weight is 243 g/mol. The molecule has 0 bridgehead atoms. The van der Waals surface area contributed by atoms with Crippen molar-refractivity contribution in [2.45, 2.75) is 32.6 Å². The smallest absolute Gasteiger partial charge is 0.134 e. The van der Waals surface area contributed by atoms with Crippen molar-refractivity contribution in [2.24, 2.45) is 5.92 Å². The van der Waals surface area contributed by atoms with E-state index in [0.29, 0.717) is 11.8 Å². The quantitative estimate of drug-likeness (QED) is 0.866. The van der Waals surface area contributed by atoms with Crippen molar-refractivity contribution in [1.29, 1.82) is 0 Å². The minimum atomic E-state index is 0.587. The minimum Gasteiger partial charge on any atom is -0.461 e. The van der Waals surface area contributed by atoms with Gasteiger partial charge in [0.05, 0.1) is 0 Å². The highest BCUT2D eigenvalue weighted by molar-refractivity contribution is 5.78. The van der Waals surface area contributed by atoms with Crippen LogP contribution in [0.1, 0.15) is 37.0 Å². The summed E-state index contributed by atoms with van der Waals surface area (Å²) in [7, 11) is 0. The second-order valence-electron chi connectivity index (χ2n) is 5.46. The second-order valence-corrected chi connectivity index (χ2v) is 5.46. The maximum absolute atomic E-state index is 6.07. The molecule has 1 saturated heterocycles. The van der Waals surface area contributed by atoms with Gasteiger partial charge >= 0.3 is 0 Å². The van der Waals surface area contributed by atoms with E-state index in [0.717, 1.165) is 18.7 Å². The van der Waals surface area contributed by atoms with Crippen LogP contribution in [0.5, 0.6) is 0 Å². The van der Waals surface area contributed by atoms with Crippen LogP contribution in [0.2, 0.25) is 0 Å². The van der Waals surface area contributed by atoms with Crippen molar-refractivity contribution in [1.82, 2.24) is 5.32 Å². The van der Waals surface area contributed by atoms with Crippen molar-refractivity contribution in [3.05, 3.63) is 35.6 Å². The third-order valence-electron chi connectivity index (χ3n) is 4.19. The molecule has 2 heterocycles. The van der Waals surface area contributed by atoms with Crippen molar-refractivity contribution in [3.8, 4) is 0 Å². The molecule has 0 aliphatic carbocycles. The molecule has 1 aliphatic rings. The standard InChI is InChI=1S/C16H21NO/c1-3-12-10-17-7-6-14(12)16-9-13-8-11(2)4-5-15(13)18-16/h4-5,8-9,12,14,17H,3,6-7,10H2,1-2H3. The predicted octanol–water partition coefficient (Wildman–Crippen LogP) is 3.84. The van der Waals surface area contributed by atoms with Gasteiger partial charge in [-0.25, -0.2) is 0 Å².